The largest absolute Gasteiger partial charge is 0.458 e. The molecule has 0 atom stereocenters. The average molecular weight is 406 g/mol. The molecule has 8 heteroatoms. The zero-order valence-electron chi connectivity index (χ0n) is 16.8. The molecule has 2 N–H and O–H groups in total. The van der Waals surface area contributed by atoms with Gasteiger partial charge in [-0.2, -0.15) is 0 Å². The van der Waals surface area contributed by atoms with Crippen LogP contribution in [0.15, 0.2) is 42.7 Å². The Balaban J connectivity index is 1.72. The molecule has 0 unspecified atom stereocenters. The van der Waals surface area contributed by atoms with Gasteiger partial charge >= 0.3 is 12.0 Å². The number of ether oxygens (including phenoxy) is 1. The molecule has 0 saturated carbocycles. The van der Waals surface area contributed by atoms with Crippen molar-refractivity contribution in [2.75, 3.05) is 13.1 Å². The molecule has 154 valence electrons. The van der Waals surface area contributed by atoms with Crippen molar-refractivity contribution < 1.29 is 19.1 Å². The summed E-state index contributed by atoms with van der Waals surface area (Å²) in [4.78, 5) is 44.7. The number of hydrogen-bond acceptors (Lipinski definition) is 5. The Labute approximate surface area is 173 Å². The van der Waals surface area contributed by atoms with Crippen LogP contribution >= 0.6 is 0 Å². The molecule has 2 aromatic heterocycles. The number of nitrogens with one attached hydrogen (secondary N) is 2. The number of benzene rings is 1. The summed E-state index contributed by atoms with van der Waals surface area (Å²) < 4.78 is 5.42. The number of carbonyl (C=O) groups is 3. The van der Waals surface area contributed by atoms with Crippen molar-refractivity contribution in [3.8, 4) is 11.1 Å². The molecule has 30 heavy (non-hydrogen) atoms. The minimum absolute atomic E-state index is 0.0448. The van der Waals surface area contributed by atoms with Crippen LogP contribution in [0, 0.1) is 0 Å². The number of aromatic nitrogens is 2. The maximum Gasteiger partial charge on any atom is 0.355 e. The number of nitrogens with zero attached hydrogens (tertiary/aromatic N) is 2. The van der Waals surface area contributed by atoms with Crippen molar-refractivity contribution in [3.05, 3.63) is 54.0 Å². The zero-order valence-corrected chi connectivity index (χ0v) is 16.8. The fourth-order valence-electron chi connectivity index (χ4n) is 3.56. The minimum Gasteiger partial charge on any atom is -0.458 e. The second kappa shape index (κ2) is 7.98. The van der Waals surface area contributed by atoms with E-state index in [0.717, 1.165) is 27.6 Å². The molecule has 0 bridgehead atoms. The number of esters is 1. The third-order valence-electron chi connectivity index (χ3n) is 4.94. The molecular weight excluding hydrogens is 384 g/mol. The molecular formula is C22H22N4O4. The Morgan fingerprint density at radius 2 is 1.97 bits per heavy atom. The lowest BCUT2D eigenvalue weighted by atomic mass is 10.0. The van der Waals surface area contributed by atoms with Crippen molar-refractivity contribution in [1.29, 1.82) is 0 Å². The highest BCUT2D eigenvalue weighted by Gasteiger charge is 2.28. The normalized spacial score (nSPS) is 13.9. The number of imide groups is 1. The molecule has 0 aliphatic carbocycles. The van der Waals surface area contributed by atoms with E-state index in [1.807, 2.05) is 30.3 Å². The summed E-state index contributed by atoms with van der Waals surface area (Å²) in [6, 6.07) is 9.12. The van der Waals surface area contributed by atoms with Crippen LogP contribution in [0.1, 0.15) is 29.9 Å². The number of carbonyl (C=O) groups excluding carboxylic acids is 3. The molecule has 3 aromatic rings. The predicted octanol–water partition coefficient (Wildman–Crippen LogP) is 2.89. The second-order valence-electron chi connectivity index (χ2n) is 7.40. The monoisotopic (exact) mass is 406 g/mol. The maximum absolute atomic E-state index is 12.7. The van der Waals surface area contributed by atoms with Gasteiger partial charge in [0, 0.05) is 35.4 Å². The van der Waals surface area contributed by atoms with Gasteiger partial charge in [0.25, 0.3) is 0 Å². The molecule has 4 rings (SSSR count). The van der Waals surface area contributed by atoms with Gasteiger partial charge in [0.05, 0.1) is 12.6 Å². The lowest BCUT2D eigenvalue weighted by Gasteiger charge is -2.12. The van der Waals surface area contributed by atoms with E-state index < -0.39 is 5.97 Å². The summed E-state index contributed by atoms with van der Waals surface area (Å²) in [5, 5.41) is 3.39. The van der Waals surface area contributed by atoms with Gasteiger partial charge in [-0.15, -0.1) is 0 Å². The van der Waals surface area contributed by atoms with Crippen LogP contribution in [0.4, 0.5) is 4.79 Å². The number of rotatable bonds is 6. The Bertz CT molecular complexity index is 1100. The number of aromatic amines is 1. The van der Waals surface area contributed by atoms with Gasteiger partial charge in [-0.05, 0) is 55.7 Å². The van der Waals surface area contributed by atoms with Crippen molar-refractivity contribution >= 4 is 28.8 Å². The molecule has 0 spiro atoms. The number of urea groups is 1. The van der Waals surface area contributed by atoms with E-state index >= 15 is 0 Å². The van der Waals surface area contributed by atoms with Gasteiger partial charge in [0.2, 0.25) is 5.91 Å². The molecule has 3 amide bonds. The van der Waals surface area contributed by atoms with Gasteiger partial charge in [-0.1, -0.05) is 6.07 Å². The first-order valence-corrected chi connectivity index (χ1v) is 9.78. The number of fused-ring (bicyclic) bond motifs is 1. The fraction of sp³-hybridized carbons (Fsp3) is 0.273. The maximum atomic E-state index is 12.7. The molecule has 8 nitrogen and oxygen atoms in total. The number of hydrogen-bond donors (Lipinski definition) is 2. The van der Waals surface area contributed by atoms with Crippen LogP contribution in [0.25, 0.3) is 22.0 Å². The van der Waals surface area contributed by atoms with Crippen molar-refractivity contribution in [2.24, 2.45) is 0 Å². The van der Waals surface area contributed by atoms with Crippen molar-refractivity contribution in [3.63, 3.8) is 0 Å². The van der Waals surface area contributed by atoms with E-state index in [1.54, 1.807) is 26.2 Å². The van der Waals surface area contributed by atoms with Crippen LogP contribution in [0.2, 0.25) is 0 Å². The zero-order chi connectivity index (χ0) is 21.3. The van der Waals surface area contributed by atoms with Crippen LogP contribution in [0.5, 0.6) is 0 Å². The highest BCUT2D eigenvalue weighted by Crippen LogP contribution is 2.33. The first-order valence-electron chi connectivity index (χ1n) is 9.78. The standard InChI is InChI=1S/C22H22N4O4/c1-13(2)30-21(28)20-19(15-5-8-23-9-6-15)16-11-14(3-4-17(16)25-20)7-10-26-18(27)12-24-22(26)29/h3-6,8-9,11,13,25H,7,10,12H2,1-2H3,(H,24,29). The Kier molecular flexibility index (Phi) is 5.22. The molecule has 1 fully saturated rings. The Morgan fingerprint density at radius 3 is 2.63 bits per heavy atom. The van der Waals surface area contributed by atoms with E-state index in [0.29, 0.717) is 18.7 Å². The van der Waals surface area contributed by atoms with Crippen molar-refractivity contribution in [2.45, 2.75) is 26.4 Å². The van der Waals surface area contributed by atoms with Gasteiger partial charge in [-0.25, -0.2) is 9.59 Å². The third-order valence-corrected chi connectivity index (χ3v) is 4.94. The minimum atomic E-state index is -0.422. The van der Waals surface area contributed by atoms with Gasteiger partial charge < -0.3 is 15.0 Å². The van der Waals surface area contributed by atoms with Crippen LogP contribution in [0.3, 0.4) is 0 Å². The third kappa shape index (κ3) is 3.76. The number of amides is 3. The summed E-state index contributed by atoms with van der Waals surface area (Å²) in [6.45, 7) is 3.96. The summed E-state index contributed by atoms with van der Waals surface area (Å²) in [5.74, 6) is -0.646. The Morgan fingerprint density at radius 1 is 1.20 bits per heavy atom. The molecule has 1 aliphatic rings. The fourth-order valence-corrected chi connectivity index (χ4v) is 3.56. The SMILES string of the molecule is CC(C)OC(=O)c1[nH]c2ccc(CCN3C(=O)CNC3=O)cc2c1-c1ccncc1. The molecule has 1 aromatic carbocycles. The Hall–Kier alpha value is -3.68. The second-order valence-corrected chi connectivity index (χ2v) is 7.40. The van der Waals surface area contributed by atoms with Crippen LogP contribution in [-0.2, 0) is 16.0 Å². The first kappa shape index (κ1) is 19.6. The van der Waals surface area contributed by atoms with Crippen LogP contribution < -0.4 is 5.32 Å². The quantitative estimate of drug-likeness (QED) is 0.484. The average Bonchev–Trinajstić information content (AvgIpc) is 3.26. The van der Waals surface area contributed by atoms with E-state index in [2.05, 4.69) is 15.3 Å². The smallest absolute Gasteiger partial charge is 0.355 e. The van der Waals surface area contributed by atoms with Gasteiger partial charge in [0.15, 0.2) is 0 Å². The summed E-state index contributed by atoms with van der Waals surface area (Å²) in [7, 11) is 0. The topological polar surface area (TPSA) is 104 Å². The lowest BCUT2D eigenvalue weighted by molar-refractivity contribution is -0.124. The van der Waals surface area contributed by atoms with Crippen molar-refractivity contribution in [1.82, 2.24) is 20.2 Å². The van der Waals surface area contributed by atoms with E-state index in [1.165, 1.54) is 4.90 Å². The lowest BCUT2D eigenvalue weighted by Crippen LogP contribution is -2.32. The highest BCUT2D eigenvalue weighted by atomic mass is 16.5. The molecule has 1 saturated heterocycles. The summed E-state index contributed by atoms with van der Waals surface area (Å²) in [6.07, 6.45) is 3.62. The first-order chi connectivity index (χ1) is 14.4. The van der Waals surface area contributed by atoms with Gasteiger partial charge in [-0.3, -0.25) is 14.7 Å². The highest BCUT2D eigenvalue weighted by molar-refractivity contribution is 6.08. The van der Waals surface area contributed by atoms with E-state index in [9.17, 15) is 14.4 Å². The van der Waals surface area contributed by atoms with E-state index in [-0.39, 0.29) is 24.6 Å². The molecule has 1 aliphatic heterocycles. The summed E-state index contributed by atoms with van der Waals surface area (Å²) >= 11 is 0. The molecule has 3 heterocycles. The number of pyridine rings is 1. The van der Waals surface area contributed by atoms with Crippen LogP contribution in [-0.4, -0.2) is 52.0 Å². The number of H-pyrrole nitrogens is 1. The van der Waals surface area contributed by atoms with Gasteiger partial charge in [0.1, 0.15) is 5.69 Å². The summed E-state index contributed by atoms with van der Waals surface area (Å²) in [5.41, 5.74) is 3.73. The molecule has 0 radical (unpaired) electrons. The predicted molar refractivity (Wildman–Crippen MR) is 111 cm³/mol. The van der Waals surface area contributed by atoms with E-state index in [4.69, 9.17) is 4.74 Å².